The van der Waals surface area contributed by atoms with Gasteiger partial charge >= 0.3 is 6.18 Å². The number of hydrogen-bond donors (Lipinski definition) is 2. The van der Waals surface area contributed by atoms with Gasteiger partial charge in [-0.3, -0.25) is 14.5 Å². The number of amides is 2. The molecule has 2 amide bonds. The third-order valence-electron chi connectivity index (χ3n) is 5.06. The fourth-order valence-electron chi connectivity index (χ4n) is 3.16. The molecular weight excluding hydrogens is 409 g/mol. The van der Waals surface area contributed by atoms with Crippen molar-refractivity contribution >= 4 is 23.3 Å². The molecule has 1 aliphatic rings. The van der Waals surface area contributed by atoms with Gasteiger partial charge < -0.3 is 10.6 Å². The minimum Gasteiger partial charge on any atom is -0.325 e. The van der Waals surface area contributed by atoms with Crippen molar-refractivity contribution in [2.45, 2.75) is 45.3 Å². The van der Waals surface area contributed by atoms with Crippen molar-refractivity contribution in [3.63, 3.8) is 0 Å². The first-order valence-corrected chi connectivity index (χ1v) is 10.1. The number of pyridine rings is 1. The van der Waals surface area contributed by atoms with Crippen LogP contribution < -0.4 is 10.6 Å². The summed E-state index contributed by atoms with van der Waals surface area (Å²) >= 11 is 0. The molecule has 0 atom stereocenters. The molecular formula is C22H25F3N4O2. The normalized spacial score (nSPS) is 13.9. The van der Waals surface area contributed by atoms with Crippen molar-refractivity contribution in [3.05, 3.63) is 53.2 Å². The number of nitrogens with zero attached hydrogens (tertiary/aromatic N) is 2. The van der Waals surface area contributed by atoms with Crippen molar-refractivity contribution in [1.29, 1.82) is 0 Å². The smallest absolute Gasteiger partial charge is 0.325 e. The number of carbonyl (C=O) groups is 2. The molecule has 2 N–H and O–H groups in total. The fourth-order valence-corrected chi connectivity index (χ4v) is 3.16. The highest BCUT2D eigenvalue weighted by Gasteiger charge is 2.31. The Balaban J connectivity index is 1.50. The van der Waals surface area contributed by atoms with E-state index in [1.54, 1.807) is 0 Å². The first-order valence-electron chi connectivity index (χ1n) is 10.1. The number of hydrogen-bond acceptors (Lipinski definition) is 4. The van der Waals surface area contributed by atoms with E-state index in [0.717, 1.165) is 41.8 Å². The number of anilines is 2. The number of carbonyl (C=O) groups excluding carboxylic acids is 2. The lowest BCUT2D eigenvalue weighted by molar-refractivity contribution is -0.137. The predicted molar refractivity (Wildman–Crippen MR) is 112 cm³/mol. The number of benzene rings is 1. The van der Waals surface area contributed by atoms with Gasteiger partial charge in [0.1, 0.15) is 5.82 Å². The van der Waals surface area contributed by atoms with Crippen LogP contribution in [-0.2, 0) is 15.8 Å². The number of aryl methyl sites for hydroxylation is 2. The molecule has 1 heterocycles. The first kappa shape index (κ1) is 22.7. The Labute approximate surface area is 178 Å². The second-order valence-corrected chi connectivity index (χ2v) is 7.80. The molecule has 0 unspecified atom stereocenters. The van der Waals surface area contributed by atoms with Crippen LogP contribution in [0.5, 0.6) is 0 Å². The Bertz CT molecular complexity index is 941. The molecule has 1 aromatic carbocycles. The van der Waals surface area contributed by atoms with Crippen LogP contribution in [0.1, 0.15) is 36.0 Å². The lowest BCUT2D eigenvalue weighted by Crippen LogP contribution is -2.37. The predicted octanol–water partition coefficient (Wildman–Crippen LogP) is 4.15. The molecule has 1 aromatic heterocycles. The van der Waals surface area contributed by atoms with Gasteiger partial charge in [0.05, 0.1) is 12.1 Å². The molecule has 0 aliphatic heterocycles. The topological polar surface area (TPSA) is 74.3 Å². The number of alkyl halides is 3. The Hall–Kier alpha value is -2.94. The molecule has 1 saturated carbocycles. The largest absolute Gasteiger partial charge is 0.417 e. The van der Waals surface area contributed by atoms with E-state index in [4.69, 9.17) is 0 Å². The summed E-state index contributed by atoms with van der Waals surface area (Å²) in [6, 6.07) is 8.10. The van der Waals surface area contributed by atoms with Crippen LogP contribution in [0.2, 0.25) is 0 Å². The van der Waals surface area contributed by atoms with Crippen LogP contribution >= 0.6 is 0 Å². The zero-order valence-corrected chi connectivity index (χ0v) is 17.4. The van der Waals surface area contributed by atoms with E-state index in [1.807, 2.05) is 36.9 Å². The van der Waals surface area contributed by atoms with Crippen LogP contribution in [-0.4, -0.2) is 40.8 Å². The molecule has 0 saturated heterocycles. The Morgan fingerprint density at radius 1 is 1.10 bits per heavy atom. The summed E-state index contributed by atoms with van der Waals surface area (Å²) in [4.78, 5) is 30.3. The van der Waals surface area contributed by atoms with Gasteiger partial charge in [0.15, 0.2) is 0 Å². The lowest BCUT2D eigenvalue weighted by atomic mass is 10.1. The minimum absolute atomic E-state index is 0.0589. The summed E-state index contributed by atoms with van der Waals surface area (Å²) in [6.45, 7) is 4.42. The third kappa shape index (κ3) is 6.78. The second kappa shape index (κ2) is 9.47. The van der Waals surface area contributed by atoms with Gasteiger partial charge in [0.25, 0.3) is 0 Å². The maximum absolute atomic E-state index is 12.6. The Kier molecular flexibility index (Phi) is 6.94. The highest BCUT2D eigenvalue weighted by molar-refractivity contribution is 5.93. The summed E-state index contributed by atoms with van der Waals surface area (Å²) in [5.41, 5.74) is 1.92. The summed E-state index contributed by atoms with van der Waals surface area (Å²) < 4.78 is 37.8. The highest BCUT2D eigenvalue weighted by atomic mass is 19.4. The van der Waals surface area contributed by atoms with Crippen molar-refractivity contribution in [2.75, 3.05) is 23.7 Å². The van der Waals surface area contributed by atoms with Gasteiger partial charge in [-0.1, -0.05) is 12.1 Å². The molecule has 0 bridgehead atoms. The van der Waals surface area contributed by atoms with Crippen LogP contribution in [0.25, 0.3) is 0 Å². The molecule has 166 valence electrons. The molecule has 3 rings (SSSR count). The van der Waals surface area contributed by atoms with Crippen LogP contribution in [0, 0.1) is 13.8 Å². The standard InChI is InChI=1S/C22H25F3N4O2/c1-14-3-4-15(2)18(11-14)27-21(31)13-29(17-6-7-17)10-9-20(30)28-19-8-5-16(12-26-19)22(23,24)25/h3-5,8,11-12,17H,6-7,9-10,13H2,1-2H3,(H,27,31)(H,26,28,30). The summed E-state index contributed by atoms with van der Waals surface area (Å²) in [7, 11) is 0. The number of rotatable bonds is 8. The zero-order valence-electron chi connectivity index (χ0n) is 17.4. The van der Waals surface area contributed by atoms with Gasteiger partial charge in [-0.15, -0.1) is 0 Å². The quantitative estimate of drug-likeness (QED) is 0.655. The van der Waals surface area contributed by atoms with Gasteiger partial charge in [-0.05, 0) is 56.0 Å². The molecule has 31 heavy (non-hydrogen) atoms. The van der Waals surface area contributed by atoms with E-state index >= 15 is 0 Å². The summed E-state index contributed by atoms with van der Waals surface area (Å²) in [5, 5.41) is 5.42. The molecule has 0 radical (unpaired) electrons. The average molecular weight is 434 g/mol. The van der Waals surface area contributed by atoms with E-state index in [9.17, 15) is 22.8 Å². The summed E-state index contributed by atoms with van der Waals surface area (Å²) in [6.07, 6.45) is -1.74. The van der Waals surface area contributed by atoms with Gasteiger partial charge in [-0.25, -0.2) is 4.98 Å². The maximum Gasteiger partial charge on any atom is 0.417 e. The number of halogens is 3. The van der Waals surface area contributed by atoms with Crippen LogP contribution in [0.3, 0.4) is 0 Å². The van der Waals surface area contributed by atoms with E-state index in [-0.39, 0.29) is 36.6 Å². The van der Waals surface area contributed by atoms with Crippen molar-refractivity contribution in [1.82, 2.24) is 9.88 Å². The molecule has 6 nitrogen and oxygen atoms in total. The first-order chi connectivity index (χ1) is 14.6. The number of nitrogens with one attached hydrogen (secondary N) is 2. The second-order valence-electron chi connectivity index (χ2n) is 7.80. The average Bonchev–Trinajstić information content (AvgIpc) is 3.53. The van der Waals surface area contributed by atoms with Crippen LogP contribution in [0.4, 0.5) is 24.7 Å². The van der Waals surface area contributed by atoms with Crippen molar-refractivity contribution in [2.24, 2.45) is 0 Å². The van der Waals surface area contributed by atoms with Crippen molar-refractivity contribution < 1.29 is 22.8 Å². The van der Waals surface area contributed by atoms with E-state index in [2.05, 4.69) is 15.6 Å². The zero-order chi connectivity index (χ0) is 22.6. The Morgan fingerprint density at radius 2 is 1.84 bits per heavy atom. The monoisotopic (exact) mass is 434 g/mol. The molecule has 9 heteroatoms. The molecule has 0 spiro atoms. The highest BCUT2D eigenvalue weighted by Crippen LogP contribution is 2.29. The molecule has 1 aliphatic carbocycles. The molecule has 2 aromatic rings. The Morgan fingerprint density at radius 3 is 2.45 bits per heavy atom. The van der Waals surface area contributed by atoms with Crippen LogP contribution in [0.15, 0.2) is 36.5 Å². The SMILES string of the molecule is Cc1ccc(C)c(NC(=O)CN(CCC(=O)Nc2ccc(C(F)(F)F)cn2)C2CC2)c1. The minimum atomic E-state index is -4.47. The van der Waals surface area contributed by atoms with E-state index in [1.165, 1.54) is 0 Å². The van der Waals surface area contributed by atoms with Gasteiger partial charge in [0, 0.05) is 30.9 Å². The van der Waals surface area contributed by atoms with Crippen molar-refractivity contribution in [3.8, 4) is 0 Å². The number of aromatic nitrogens is 1. The van der Waals surface area contributed by atoms with E-state index in [0.29, 0.717) is 12.7 Å². The van der Waals surface area contributed by atoms with Gasteiger partial charge in [-0.2, -0.15) is 13.2 Å². The van der Waals surface area contributed by atoms with Gasteiger partial charge in [0.2, 0.25) is 11.8 Å². The summed E-state index contributed by atoms with van der Waals surface area (Å²) in [5.74, 6) is -0.457. The lowest BCUT2D eigenvalue weighted by Gasteiger charge is -2.21. The fraction of sp³-hybridized carbons (Fsp3) is 0.409. The maximum atomic E-state index is 12.6. The van der Waals surface area contributed by atoms with E-state index < -0.39 is 11.7 Å². The molecule has 1 fully saturated rings. The third-order valence-corrected chi connectivity index (χ3v) is 5.06.